The van der Waals surface area contributed by atoms with Gasteiger partial charge in [0.15, 0.2) is 0 Å². The molecule has 1 aliphatic heterocycles. The molecule has 0 saturated carbocycles. The van der Waals surface area contributed by atoms with E-state index in [1.807, 2.05) is 6.07 Å². The Morgan fingerprint density at radius 2 is 1.95 bits per heavy atom. The molecule has 1 heterocycles. The molecule has 0 N–H and O–H groups in total. The molecule has 2 nitrogen and oxygen atoms in total. The van der Waals surface area contributed by atoms with Gasteiger partial charge in [0.05, 0.1) is 0 Å². The van der Waals surface area contributed by atoms with Crippen molar-refractivity contribution in [3.05, 3.63) is 29.8 Å². The van der Waals surface area contributed by atoms with Crippen LogP contribution in [-0.2, 0) is 10.2 Å². The quantitative estimate of drug-likeness (QED) is 0.789. The molecule has 0 radical (unpaired) electrons. The summed E-state index contributed by atoms with van der Waals surface area (Å²) < 4.78 is 0. The first-order valence-electron chi connectivity index (χ1n) is 7.87. The van der Waals surface area contributed by atoms with Crippen LogP contribution in [0.25, 0.3) is 0 Å². The Morgan fingerprint density at radius 3 is 2.55 bits per heavy atom. The summed E-state index contributed by atoms with van der Waals surface area (Å²) in [6.07, 6.45) is 2.98. The summed E-state index contributed by atoms with van der Waals surface area (Å²) in [6.45, 7) is 10.9. The van der Waals surface area contributed by atoms with Crippen molar-refractivity contribution in [1.82, 2.24) is 0 Å². The molecule has 2 heteroatoms. The van der Waals surface area contributed by atoms with Crippen molar-refractivity contribution in [3.8, 4) is 0 Å². The van der Waals surface area contributed by atoms with E-state index in [0.717, 1.165) is 24.9 Å². The van der Waals surface area contributed by atoms with Gasteiger partial charge < -0.3 is 4.90 Å². The molecule has 2 rings (SSSR count). The minimum atomic E-state index is 0.0246. The van der Waals surface area contributed by atoms with E-state index in [2.05, 4.69) is 57.7 Å². The number of para-hydroxylation sites is 1. The van der Waals surface area contributed by atoms with E-state index < -0.39 is 0 Å². The van der Waals surface area contributed by atoms with Crippen LogP contribution in [0.2, 0.25) is 0 Å². The normalized spacial score (nSPS) is 21.6. The van der Waals surface area contributed by atoms with Crippen LogP contribution in [0.5, 0.6) is 0 Å². The van der Waals surface area contributed by atoms with Crippen molar-refractivity contribution in [1.29, 1.82) is 0 Å². The Morgan fingerprint density at radius 1 is 1.30 bits per heavy atom. The van der Waals surface area contributed by atoms with Gasteiger partial charge in [0.25, 0.3) is 0 Å². The lowest BCUT2D eigenvalue weighted by atomic mass is 9.81. The molecular formula is C18H27NO. The maximum absolute atomic E-state index is 13.0. The topological polar surface area (TPSA) is 20.3 Å². The number of hydrogen-bond acceptors (Lipinski definition) is 1. The summed E-state index contributed by atoms with van der Waals surface area (Å²) in [5.41, 5.74) is 2.44. The molecule has 2 unspecified atom stereocenters. The summed E-state index contributed by atoms with van der Waals surface area (Å²) in [5, 5.41) is 0. The SMILES string of the molecule is CCCC(CC)C(=O)N1c2ccccc2C(C)(C)C1C. The highest BCUT2D eigenvalue weighted by Crippen LogP contribution is 2.45. The highest BCUT2D eigenvalue weighted by Gasteiger charge is 2.45. The van der Waals surface area contributed by atoms with Gasteiger partial charge in [-0.1, -0.05) is 52.3 Å². The molecule has 0 fully saturated rings. The monoisotopic (exact) mass is 273 g/mol. The molecule has 1 amide bonds. The summed E-state index contributed by atoms with van der Waals surface area (Å²) >= 11 is 0. The largest absolute Gasteiger partial charge is 0.308 e. The van der Waals surface area contributed by atoms with Crippen molar-refractivity contribution < 1.29 is 4.79 Å². The molecule has 110 valence electrons. The standard InChI is InChI=1S/C18H27NO/c1-6-10-14(7-2)17(20)19-13(3)18(4,5)15-11-8-9-12-16(15)19/h8-9,11-14H,6-7,10H2,1-5H3. The van der Waals surface area contributed by atoms with Crippen molar-refractivity contribution in [2.75, 3.05) is 4.90 Å². The third-order valence-corrected chi connectivity index (χ3v) is 5.01. The molecule has 0 saturated heterocycles. The third-order valence-electron chi connectivity index (χ3n) is 5.01. The van der Waals surface area contributed by atoms with Gasteiger partial charge in [0, 0.05) is 23.1 Å². The summed E-state index contributed by atoms with van der Waals surface area (Å²) in [6, 6.07) is 8.59. The molecule has 1 aliphatic rings. The Bertz CT molecular complexity index is 492. The van der Waals surface area contributed by atoms with E-state index in [4.69, 9.17) is 0 Å². The van der Waals surface area contributed by atoms with Crippen LogP contribution in [0.3, 0.4) is 0 Å². The van der Waals surface area contributed by atoms with Crippen LogP contribution in [0, 0.1) is 5.92 Å². The Balaban J connectivity index is 2.40. The fourth-order valence-electron chi connectivity index (χ4n) is 3.34. The van der Waals surface area contributed by atoms with Crippen LogP contribution in [0.4, 0.5) is 5.69 Å². The zero-order chi connectivity index (χ0) is 14.9. The molecule has 0 aliphatic carbocycles. The van der Waals surface area contributed by atoms with Crippen molar-refractivity contribution >= 4 is 11.6 Å². The number of hydrogen-bond donors (Lipinski definition) is 0. The van der Waals surface area contributed by atoms with E-state index in [1.54, 1.807) is 0 Å². The molecule has 2 atom stereocenters. The number of carbonyl (C=O) groups is 1. The molecule has 0 bridgehead atoms. The van der Waals surface area contributed by atoms with Gasteiger partial charge >= 0.3 is 0 Å². The number of amides is 1. The highest BCUT2D eigenvalue weighted by molar-refractivity contribution is 5.98. The molecular weight excluding hydrogens is 246 g/mol. The maximum atomic E-state index is 13.0. The number of fused-ring (bicyclic) bond motifs is 1. The Kier molecular flexibility index (Phi) is 4.22. The van der Waals surface area contributed by atoms with E-state index in [1.165, 1.54) is 5.56 Å². The van der Waals surface area contributed by atoms with Crippen LogP contribution < -0.4 is 4.90 Å². The Hall–Kier alpha value is -1.31. The maximum Gasteiger partial charge on any atom is 0.230 e. The van der Waals surface area contributed by atoms with Crippen LogP contribution in [0.15, 0.2) is 24.3 Å². The van der Waals surface area contributed by atoms with Crippen LogP contribution in [-0.4, -0.2) is 11.9 Å². The summed E-state index contributed by atoms with van der Waals surface area (Å²) in [4.78, 5) is 15.0. The average Bonchev–Trinajstić information content (AvgIpc) is 2.64. The van der Waals surface area contributed by atoms with E-state index in [0.29, 0.717) is 5.91 Å². The minimum absolute atomic E-state index is 0.0246. The first kappa shape index (κ1) is 15.1. The zero-order valence-electron chi connectivity index (χ0n) is 13.4. The molecule has 1 aromatic rings. The van der Waals surface area contributed by atoms with Gasteiger partial charge in [-0.05, 0) is 31.4 Å². The zero-order valence-corrected chi connectivity index (χ0v) is 13.4. The van der Waals surface area contributed by atoms with E-state index in [-0.39, 0.29) is 17.4 Å². The molecule has 0 aromatic heterocycles. The molecule has 0 spiro atoms. The number of anilines is 1. The predicted octanol–water partition coefficient (Wildman–Crippen LogP) is 4.53. The Labute approximate surface area is 123 Å². The van der Waals surface area contributed by atoms with Gasteiger partial charge in [-0.15, -0.1) is 0 Å². The predicted molar refractivity (Wildman–Crippen MR) is 85.1 cm³/mol. The molecule has 20 heavy (non-hydrogen) atoms. The lowest BCUT2D eigenvalue weighted by molar-refractivity contribution is -0.123. The first-order chi connectivity index (χ1) is 9.45. The van der Waals surface area contributed by atoms with Gasteiger partial charge in [0.2, 0.25) is 5.91 Å². The lowest BCUT2D eigenvalue weighted by Gasteiger charge is -2.32. The van der Waals surface area contributed by atoms with Crippen LogP contribution >= 0.6 is 0 Å². The first-order valence-corrected chi connectivity index (χ1v) is 7.87. The summed E-state index contributed by atoms with van der Waals surface area (Å²) in [7, 11) is 0. The van der Waals surface area contributed by atoms with Crippen molar-refractivity contribution in [2.24, 2.45) is 5.92 Å². The van der Waals surface area contributed by atoms with Crippen molar-refractivity contribution in [3.63, 3.8) is 0 Å². The minimum Gasteiger partial charge on any atom is -0.308 e. The fraction of sp³-hybridized carbons (Fsp3) is 0.611. The number of carbonyl (C=O) groups excluding carboxylic acids is 1. The fourth-order valence-corrected chi connectivity index (χ4v) is 3.34. The van der Waals surface area contributed by atoms with Gasteiger partial charge in [-0.2, -0.15) is 0 Å². The average molecular weight is 273 g/mol. The number of benzene rings is 1. The smallest absolute Gasteiger partial charge is 0.230 e. The number of nitrogens with zero attached hydrogens (tertiary/aromatic N) is 1. The summed E-state index contributed by atoms with van der Waals surface area (Å²) in [5.74, 6) is 0.462. The van der Waals surface area contributed by atoms with Crippen LogP contribution in [0.1, 0.15) is 59.4 Å². The van der Waals surface area contributed by atoms with Crippen molar-refractivity contribution in [2.45, 2.75) is 65.3 Å². The number of rotatable bonds is 4. The van der Waals surface area contributed by atoms with E-state index in [9.17, 15) is 4.79 Å². The third kappa shape index (κ3) is 2.25. The highest BCUT2D eigenvalue weighted by atomic mass is 16.2. The van der Waals surface area contributed by atoms with Gasteiger partial charge in [-0.3, -0.25) is 4.79 Å². The second-order valence-electron chi connectivity index (χ2n) is 6.52. The van der Waals surface area contributed by atoms with E-state index >= 15 is 0 Å². The van der Waals surface area contributed by atoms with Gasteiger partial charge in [-0.25, -0.2) is 0 Å². The second-order valence-corrected chi connectivity index (χ2v) is 6.52. The lowest BCUT2D eigenvalue weighted by Crippen LogP contribution is -2.45. The van der Waals surface area contributed by atoms with Gasteiger partial charge in [0.1, 0.15) is 0 Å². The second kappa shape index (κ2) is 5.59. The molecule has 1 aromatic carbocycles.